The molecule has 0 bridgehead atoms. The monoisotopic (exact) mass is 260 g/mol. The van der Waals surface area contributed by atoms with Crippen molar-refractivity contribution >= 4 is 26.1 Å². The first kappa shape index (κ1) is 10.9. The number of pyridine rings is 1. The van der Waals surface area contributed by atoms with Gasteiger partial charge in [0.15, 0.2) is 5.82 Å². The second kappa shape index (κ2) is 3.89. The Labute approximate surface area is 104 Å². The predicted octanol–water partition coefficient (Wildman–Crippen LogP) is 0.198. The van der Waals surface area contributed by atoms with Gasteiger partial charge in [-0.15, -0.1) is 5.10 Å². The second-order valence-electron chi connectivity index (χ2n) is 3.67. The molecule has 0 amide bonds. The molecule has 0 aromatic carbocycles. The molecule has 0 radical (unpaired) electrons. The van der Waals surface area contributed by atoms with Crippen LogP contribution in [0.3, 0.4) is 0 Å². The fourth-order valence-corrected chi connectivity index (χ4v) is 1.88. The Kier molecular flexibility index (Phi) is 2.34. The number of aromatic nitrogens is 5. The Hall–Kier alpha value is -2.27. The lowest BCUT2D eigenvalue weighted by Gasteiger charge is -2.05. The third kappa shape index (κ3) is 1.56. The van der Waals surface area contributed by atoms with E-state index >= 15 is 0 Å². The lowest BCUT2D eigenvalue weighted by atomic mass is 10.3. The highest BCUT2D eigenvalue weighted by molar-refractivity contribution is 7.14. The number of rotatable bonds is 1. The average molecular weight is 260 g/mol. The summed E-state index contributed by atoms with van der Waals surface area (Å²) in [5, 5.41) is 4.54. The minimum absolute atomic E-state index is 0.159. The summed E-state index contributed by atoms with van der Waals surface area (Å²) < 4.78 is 2.83. The van der Waals surface area contributed by atoms with Crippen LogP contribution in [0.15, 0.2) is 35.6 Å². The van der Waals surface area contributed by atoms with Crippen molar-refractivity contribution in [3.63, 3.8) is 0 Å². The van der Waals surface area contributed by atoms with Crippen LogP contribution in [0.4, 0.5) is 5.82 Å². The Morgan fingerprint density at radius 2 is 2.11 bits per heavy atom. The van der Waals surface area contributed by atoms with Crippen LogP contribution in [0, 0.1) is 0 Å². The molecule has 0 fully saturated rings. The number of nitrogen functional groups attached to an aromatic ring is 1. The van der Waals surface area contributed by atoms with Gasteiger partial charge in [0, 0.05) is 18.5 Å². The van der Waals surface area contributed by atoms with Gasteiger partial charge in [0.1, 0.15) is 17.7 Å². The zero-order valence-corrected chi connectivity index (χ0v) is 10.3. The molecule has 7 nitrogen and oxygen atoms in total. The van der Waals surface area contributed by atoms with E-state index in [4.69, 9.17) is 5.73 Å². The van der Waals surface area contributed by atoms with Crippen LogP contribution < -0.4 is 11.3 Å². The van der Waals surface area contributed by atoms with E-state index in [2.05, 4.69) is 24.5 Å². The summed E-state index contributed by atoms with van der Waals surface area (Å²) in [6.45, 7) is 0. The van der Waals surface area contributed by atoms with Crippen molar-refractivity contribution in [1.29, 1.82) is 0 Å². The van der Waals surface area contributed by atoms with Gasteiger partial charge in [0.05, 0.1) is 5.39 Å². The first-order valence-electron chi connectivity index (χ1n) is 5.10. The average Bonchev–Trinajstić information content (AvgIpc) is 2.80. The molecule has 2 N–H and O–H groups in total. The number of nitrogens with zero attached hydrogens (tertiary/aromatic N) is 5. The van der Waals surface area contributed by atoms with E-state index < -0.39 is 0 Å². The Bertz CT molecular complexity index is 792. The van der Waals surface area contributed by atoms with Crippen molar-refractivity contribution in [2.24, 2.45) is 0 Å². The largest absolute Gasteiger partial charge is 0.382 e. The van der Waals surface area contributed by atoms with E-state index in [0.29, 0.717) is 22.5 Å². The molecule has 0 spiro atoms. The number of anilines is 1. The van der Waals surface area contributed by atoms with E-state index in [-0.39, 0.29) is 5.56 Å². The third-order valence-electron chi connectivity index (χ3n) is 2.51. The molecule has 3 heterocycles. The molecule has 90 valence electrons. The van der Waals surface area contributed by atoms with Gasteiger partial charge in [-0.25, -0.2) is 14.6 Å². The summed E-state index contributed by atoms with van der Waals surface area (Å²) in [5.74, 6) is 0.861. The molecule has 0 saturated carbocycles. The van der Waals surface area contributed by atoms with Crippen LogP contribution in [-0.2, 0) is 0 Å². The van der Waals surface area contributed by atoms with E-state index in [1.165, 1.54) is 15.3 Å². The number of fused-ring (bicyclic) bond motifs is 1. The van der Waals surface area contributed by atoms with Crippen LogP contribution in [-0.4, -0.2) is 24.1 Å². The van der Waals surface area contributed by atoms with Crippen molar-refractivity contribution in [1.82, 2.24) is 24.1 Å². The fourth-order valence-electron chi connectivity index (χ4n) is 1.68. The highest BCUT2D eigenvalue weighted by Crippen LogP contribution is 2.15. The van der Waals surface area contributed by atoms with E-state index in [1.807, 2.05) is 0 Å². The van der Waals surface area contributed by atoms with Gasteiger partial charge in [-0.05, 0) is 15.5 Å². The molecular formula is C10H9N6OP. The second-order valence-corrected chi connectivity index (χ2v) is 4.23. The quantitative estimate of drug-likeness (QED) is 0.631. The molecule has 1 unspecified atom stereocenters. The highest BCUT2D eigenvalue weighted by atomic mass is 31.0. The van der Waals surface area contributed by atoms with Gasteiger partial charge in [0.25, 0.3) is 5.56 Å². The summed E-state index contributed by atoms with van der Waals surface area (Å²) in [6, 6.07) is 3.28. The van der Waals surface area contributed by atoms with Gasteiger partial charge in [-0.2, -0.15) is 0 Å². The maximum atomic E-state index is 11.9. The van der Waals surface area contributed by atoms with Gasteiger partial charge in [-0.3, -0.25) is 9.13 Å². The van der Waals surface area contributed by atoms with Gasteiger partial charge in [-0.1, -0.05) is 0 Å². The maximum absolute atomic E-state index is 11.9. The minimum atomic E-state index is -0.159. The van der Waals surface area contributed by atoms with Crippen LogP contribution in [0.1, 0.15) is 0 Å². The SMILES string of the molecule is Nc1ccn(-c2nccc3c(=O)n(P)cnc23)n1. The Morgan fingerprint density at radius 3 is 2.83 bits per heavy atom. The standard InChI is InChI=1S/C10H9N6OP/c11-7-2-4-15(14-7)9-8-6(1-3-12-9)10(17)16(18)5-13-8/h1-5H,18H2,(H2,11,14). The van der Waals surface area contributed by atoms with Gasteiger partial charge < -0.3 is 5.73 Å². The van der Waals surface area contributed by atoms with E-state index in [0.717, 1.165) is 0 Å². The Balaban J connectivity index is 2.38. The summed E-state index contributed by atoms with van der Waals surface area (Å²) in [6.07, 6.45) is 4.64. The topological polar surface area (TPSA) is 91.6 Å². The molecule has 3 aromatic rings. The van der Waals surface area contributed by atoms with Crippen molar-refractivity contribution in [3.8, 4) is 5.82 Å². The van der Waals surface area contributed by atoms with Crippen LogP contribution in [0.25, 0.3) is 16.7 Å². The molecule has 8 heteroatoms. The molecule has 3 aromatic heterocycles. The normalized spacial score (nSPS) is 10.9. The molecule has 3 rings (SSSR count). The van der Waals surface area contributed by atoms with Crippen molar-refractivity contribution < 1.29 is 0 Å². The van der Waals surface area contributed by atoms with Crippen molar-refractivity contribution in [2.75, 3.05) is 5.73 Å². The lowest BCUT2D eigenvalue weighted by molar-refractivity contribution is 0.855. The summed E-state index contributed by atoms with van der Waals surface area (Å²) in [4.78, 5) is 20.3. The van der Waals surface area contributed by atoms with E-state index in [9.17, 15) is 4.79 Å². The third-order valence-corrected chi connectivity index (χ3v) is 2.88. The van der Waals surface area contributed by atoms with Crippen LogP contribution in [0.2, 0.25) is 0 Å². The van der Waals surface area contributed by atoms with Crippen molar-refractivity contribution in [2.45, 2.75) is 0 Å². The number of nitrogens with two attached hydrogens (primary N) is 1. The predicted molar refractivity (Wildman–Crippen MR) is 70.4 cm³/mol. The van der Waals surface area contributed by atoms with E-state index in [1.54, 1.807) is 24.5 Å². The molecule has 0 aliphatic carbocycles. The first-order chi connectivity index (χ1) is 8.66. The number of hydrogen-bond acceptors (Lipinski definition) is 5. The summed E-state index contributed by atoms with van der Waals surface area (Å²) in [5.41, 5.74) is 5.90. The van der Waals surface area contributed by atoms with Gasteiger partial charge >= 0.3 is 0 Å². The molecule has 1 atom stereocenters. The fraction of sp³-hybridized carbons (Fsp3) is 0. The van der Waals surface area contributed by atoms with Crippen LogP contribution >= 0.6 is 9.39 Å². The Morgan fingerprint density at radius 1 is 1.28 bits per heavy atom. The first-order valence-corrected chi connectivity index (χ1v) is 5.61. The van der Waals surface area contributed by atoms with Gasteiger partial charge in [0.2, 0.25) is 0 Å². The smallest absolute Gasteiger partial charge is 0.264 e. The number of hydrogen-bond donors (Lipinski definition) is 1. The molecule has 18 heavy (non-hydrogen) atoms. The molecular weight excluding hydrogens is 251 g/mol. The zero-order valence-electron chi connectivity index (χ0n) is 9.19. The maximum Gasteiger partial charge on any atom is 0.264 e. The minimum Gasteiger partial charge on any atom is -0.382 e. The zero-order chi connectivity index (χ0) is 12.7. The lowest BCUT2D eigenvalue weighted by Crippen LogP contribution is -2.14. The summed E-state index contributed by atoms with van der Waals surface area (Å²) in [7, 11) is 2.29. The van der Waals surface area contributed by atoms with Crippen LogP contribution in [0.5, 0.6) is 0 Å². The summed E-state index contributed by atoms with van der Waals surface area (Å²) >= 11 is 0. The molecule has 0 aliphatic rings. The highest BCUT2D eigenvalue weighted by Gasteiger charge is 2.10. The van der Waals surface area contributed by atoms with Crippen molar-refractivity contribution in [3.05, 3.63) is 41.2 Å². The molecule has 0 aliphatic heterocycles. The molecule has 0 saturated heterocycles.